The minimum Gasteiger partial charge on any atom is -0.444 e. The molecule has 3 amide bonds. The van der Waals surface area contributed by atoms with E-state index >= 15 is 0 Å². The van der Waals surface area contributed by atoms with Gasteiger partial charge in [-0.3, -0.25) is 14.5 Å². The Bertz CT molecular complexity index is 1360. The van der Waals surface area contributed by atoms with E-state index in [2.05, 4.69) is 39.2 Å². The number of carbonyl (C=O) groups is 3. The van der Waals surface area contributed by atoms with Crippen LogP contribution in [0.25, 0.3) is 0 Å². The highest BCUT2D eigenvalue weighted by atomic mass is 16.7. The van der Waals surface area contributed by atoms with E-state index in [1.54, 1.807) is 15.9 Å². The molecule has 3 aliphatic carbocycles. The highest BCUT2D eigenvalue weighted by Gasteiger charge is 2.68. The Hall–Kier alpha value is -3.11. The van der Waals surface area contributed by atoms with Gasteiger partial charge in [-0.1, -0.05) is 69.5 Å². The number of fused-ring (bicyclic) bond motifs is 1. The molecule has 10 heteroatoms. The number of amides is 3. The van der Waals surface area contributed by atoms with Crippen LogP contribution in [0.4, 0.5) is 4.79 Å². The number of hydrogen-bond acceptors (Lipinski definition) is 6. The maximum Gasteiger partial charge on any atom is 0.481 e. The normalized spacial score (nSPS) is 30.2. The number of carbonyl (C=O) groups excluding carboxylic acids is 3. The standard InChI is InChI=1S/C38H54BN3O6/c1-6-8-10-11-12-13-18-33(39-47-32-21-28-20-31(37(28,3)4)38(32,5)48-39)40-35(44)30-22-29(25-42(30)34(43)19-9-7-2)46-36(45)41-23-26-16-14-15-17-27(26)24-41/h6-7,14-17,28-33H,1-2,8-13,18-25H2,3-5H3,(H,40,44)/t28-,29+,30-,31-,32?,33-,38+/m0/s1. The molecule has 2 saturated heterocycles. The van der Waals surface area contributed by atoms with Crippen molar-refractivity contribution >= 4 is 25.0 Å². The molecule has 5 fully saturated rings. The van der Waals surface area contributed by atoms with Crippen LogP contribution >= 0.6 is 0 Å². The van der Waals surface area contributed by atoms with Crippen LogP contribution in [0.2, 0.25) is 0 Å². The predicted octanol–water partition coefficient (Wildman–Crippen LogP) is 6.35. The second kappa shape index (κ2) is 14.4. The summed E-state index contributed by atoms with van der Waals surface area (Å²) in [5.41, 5.74) is 2.05. The van der Waals surface area contributed by atoms with Gasteiger partial charge >= 0.3 is 13.2 Å². The van der Waals surface area contributed by atoms with Crippen molar-refractivity contribution in [2.45, 2.75) is 134 Å². The Balaban J connectivity index is 1.14. The zero-order chi connectivity index (χ0) is 34.1. The minimum absolute atomic E-state index is 0.00949. The van der Waals surface area contributed by atoms with Gasteiger partial charge in [-0.15, -0.1) is 13.2 Å². The molecule has 260 valence electrons. The second-order valence-electron chi connectivity index (χ2n) is 15.5. The highest BCUT2D eigenvalue weighted by Crippen LogP contribution is 2.65. The Morgan fingerprint density at radius 3 is 2.42 bits per heavy atom. The van der Waals surface area contributed by atoms with Gasteiger partial charge in [0.05, 0.1) is 24.2 Å². The van der Waals surface area contributed by atoms with Crippen LogP contribution in [0.3, 0.4) is 0 Å². The molecule has 9 nitrogen and oxygen atoms in total. The second-order valence-corrected chi connectivity index (χ2v) is 15.5. The van der Waals surface area contributed by atoms with Crippen molar-refractivity contribution in [2.75, 3.05) is 6.54 Å². The first-order chi connectivity index (χ1) is 23.0. The molecule has 7 atom stereocenters. The number of ether oxygens (including phenoxy) is 1. The first-order valence-electron chi connectivity index (χ1n) is 18.2. The smallest absolute Gasteiger partial charge is 0.444 e. The summed E-state index contributed by atoms with van der Waals surface area (Å²) in [4.78, 5) is 44.1. The largest absolute Gasteiger partial charge is 0.481 e. The molecule has 1 aromatic carbocycles. The van der Waals surface area contributed by atoms with Crippen molar-refractivity contribution < 1.29 is 28.4 Å². The molecule has 0 spiro atoms. The van der Waals surface area contributed by atoms with Gasteiger partial charge in [0, 0.05) is 25.9 Å². The van der Waals surface area contributed by atoms with Crippen molar-refractivity contribution in [2.24, 2.45) is 17.3 Å². The number of hydrogen-bond donors (Lipinski definition) is 1. The molecule has 7 rings (SSSR count). The number of rotatable bonds is 14. The number of likely N-dealkylation sites (tertiary alicyclic amines) is 1. The number of nitrogens with zero attached hydrogens (tertiary/aromatic N) is 2. The number of nitrogens with one attached hydrogen (secondary N) is 1. The fourth-order valence-electron chi connectivity index (χ4n) is 9.09. The molecule has 3 saturated carbocycles. The summed E-state index contributed by atoms with van der Waals surface area (Å²) in [5, 5.41) is 3.29. The Kier molecular flexibility index (Phi) is 10.4. The van der Waals surface area contributed by atoms with Crippen LogP contribution in [0.1, 0.15) is 103 Å². The van der Waals surface area contributed by atoms with Crippen molar-refractivity contribution in [3.63, 3.8) is 0 Å². The summed E-state index contributed by atoms with van der Waals surface area (Å²) in [6.45, 7) is 15.6. The molecule has 2 bridgehead atoms. The SMILES string of the molecule is C=CCCCCCC[C@H](NC(=O)[C@@H]1C[C@@H](OC(=O)N2Cc3ccccc3C2)CN1C(=O)CCC=C)B1OC2C[C@@H]3C[C@@H](C3(C)C)[C@@]2(C)O1. The van der Waals surface area contributed by atoms with Gasteiger partial charge in [0.2, 0.25) is 11.8 Å². The third-order valence-electron chi connectivity index (χ3n) is 12.1. The maximum absolute atomic E-state index is 14.2. The Morgan fingerprint density at radius 2 is 1.73 bits per heavy atom. The van der Waals surface area contributed by atoms with E-state index in [0.717, 1.165) is 62.5 Å². The molecule has 3 heterocycles. The average Bonchev–Trinajstić information content (AvgIpc) is 3.79. The minimum atomic E-state index is -0.753. The van der Waals surface area contributed by atoms with Crippen molar-refractivity contribution in [1.29, 1.82) is 0 Å². The summed E-state index contributed by atoms with van der Waals surface area (Å²) >= 11 is 0. The lowest BCUT2D eigenvalue weighted by Gasteiger charge is -2.64. The molecule has 0 aromatic heterocycles. The first-order valence-corrected chi connectivity index (χ1v) is 18.2. The van der Waals surface area contributed by atoms with E-state index in [-0.39, 0.29) is 54.3 Å². The van der Waals surface area contributed by atoms with E-state index in [1.165, 1.54) is 0 Å². The summed E-state index contributed by atoms with van der Waals surface area (Å²) < 4.78 is 19.4. The maximum atomic E-state index is 14.2. The summed E-state index contributed by atoms with van der Waals surface area (Å²) in [6.07, 6.45) is 11.7. The highest BCUT2D eigenvalue weighted by molar-refractivity contribution is 6.47. The van der Waals surface area contributed by atoms with Crippen molar-refractivity contribution in [1.82, 2.24) is 15.1 Å². The van der Waals surface area contributed by atoms with Gasteiger partial charge in [-0.25, -0.2) is 4.79 Å². The van der Waals surface area contributed by atoms with E-state index in [0.29, 0.717) is 31.3 Å². The Labute approximate surface area is 286 Å². The van der Waals surface area contributed by atoms with Crippen LogP contribution < -0.4 is 5.32 Å². The van der Waals surface area contributed by atoms with E-state index in [1.807, 2.05) is 30.3 Å². The first kappa shape index (κ1) is 34.7. The van der Waals surface area contributed by atoms with Gasteiger partial charge in [0.1, 0.15) is 12.1 Å². The fraction of sp³-hybridized carbons (Fsp3) is 0.658. The Morgan fingerprint density at radius 1 is 1.02 bits per heavy atom. The van der Waals surface area contributed by atoms with E-state index in [4.69, 9.17) is 14.0 Å². The molecular weight excluding hydrogens is 605 g/mol. The topological polar surface area (TPSA) is 97.4 Å². The van der Waals surface area contributed by atoms with Crippen molar-refractivity contribution in [3.05, 3.63) is 60.7 Å². The zero-order valence-corrected chi connectivity index (χ0v) is 29.2. The molecular formula is C38H54BN3O6. The summed E-state index contributed by atoms with van der Waals surface area (Å²) in [6, 6.07) is 7.23. The van der Waals surface area contributed by atoms with Crippen LogP contribution in [-0.2, 0) is 36.7 Å². The fourth-order valence-corrected chi connectivity index (χ4v) is 9.09. The van der Waals surface area contributed by atoms with Gasteiger partial charge in [0.25, 0.3) is 0 Å². The predicted molar refractivity (Wildman–Crippen MR) is 185 cm³/mol. The molecule has 1 unspecified atom stereocenters. The van der Waals surface area contributed by atoms with Gasteiger partial charge in [0.15, 0.2) is 0 Å². The lowest BCUT2D eigenvalue weighted by Crippen LogP contribution is -2.65. The van der Waals surface area contributed by atoms with Crippen LogP contribution in [-0.4, -0.2) is 71.2 Å². The van der Waals surface area contributed by atoms with Crippen LogP contribution in [0.15, 0.2) is 49.6 Å². The lowest BCUT2D eigenvalue weighted by molar-refractivity contribution is -0.199. The molecule has 1 aromatic rings. The van der Waals surface area contributed by atoms with Crippen LogP contribution in [0, 0.1) is 17.3 Å². The lowest BCUT2D eigenvalue weighted by atomic mass is 9.43. The zero-order valence-electron chi connectivity index (χ0n) is 29.2. The van der Waals surface area contributed by atoms with E-state index < -0.39 is 25.4 Å². The average molecular weight is 660 g/mol. The third-order valence-corrected chi connectivity index (χ3v) is 12.1. The molecule has 48 heavy (non-hydrogen) atoms. The number of allylic oxidation sites excluding steroid dienone is 2. The molecule has 6 aliphatic rings. The molecule has 1 N–H and O–H groups in total. The van der Waals surface area contributed by atoms with Gasteiger partial charge in [-0.05, 0) is 73.8 Å². The van der Waals surface area contributed by atoms with Gasteiger partial charge < -0.3 is 24.3 Å². The third kappa shape index (κ3) is 6.84. The summed E-state index contributed by atoms with van der Waals surface area (Å²) in [5.74, 6) is 0.302. The van der Waals surface area contributed by atoms with E-state index in [9.17, 15) is 14.4 Å². The van der Waals surface area contributed by atoms with Crippen molar-refractivity contribution in [3.8, 4) is 0 Å². The molecule has 3 aliphatic heterocycles. The number of unbranched alkanes of at least 4 members (excludes halogenated alkanes) is 4. The number of benzene rings is 1. The quantitative estimate of drug-likeness (QED) is 0.142. The van der Waals surface area contributed by atoms with Gasteiger partial charge in [-0.2, -0.15) is 0 Å². The monoisotopic (exact) mass is 659 g/mol. The molecule has 0 radical (unpaired) electrons. The van der Waals surface area contributed by atoms with Crippen LogP contribution in [0.5, 0.6) is 0 Å². The summed E-state index contributed by atoms with van der Waals surface area (Å²) in [7, 11) is -0.552.